The van der Waals surface area contributed by atoms with Gasteiger partial charge in [0.2, 0.25) is 0 Å². The molecule has 5 nitrogen and oxygen atoms in total. The topological polar surface area (TPSA) is 68.5 Å². The van der Waals surface area contributed by atoms with Crippen molar-refractivity contribution in [3.05, 3.63) is 58.4 Å². The van der Waals surface area contributed by atoms with Gasteiger partial charge in [-0.05, 0) is 35.7 Å². The molecule has 1 heterocycles. The number of hydrogen-bond donors (Lipinski definition) is 0. The number of aromatic nitrogens is 1. The van der Waals surface area contributed by atoms with Crippen LogP contribution in [-0.4, -0.2) is 25.1 Å². The van der Waals surface area contributed by atoms with Gasteiger partial charge in [-0.2, -0.15) is 4.99 Å². The van der Waals surface area contributed by atoms with E-state index in [0.717, 1.165) is 28.5 Å². The Bertz CT molecular complexity index is 1140. The van der Waals surface area contributed by atoms with Gasteiger partial charge in [0, 0.05) is 13.3 Å². The van der Waals surface area contributed by atoms with Crippen LogP contribution in [0.1, 0.15) is 18.1 Å². The molecule has 1 aromatic heterocycles. The summed E-state index contributed by atoms with van der Waals surface area (Å²) in [7, 11) is -1.31. The van der Waals surface area contributed by atoms with Crippen LogP contribution in [0.5, 0.6) is 0 Å². The number of carbonyl (C=O) groups is 1. The number of aryl methyl sites for hydroxylation is 2. The minimum Gasteiger partial charge on any atom is -0.319 e. The zero-order valence-corrected chi connectivity index (χ0v) is 16.5. The highest BCUT2D eigenvalue weighted by atomic mass is 32.2. The van der Waals surface area contributed by atoms with Gasteiger partial charge in [-0.25, -0.2) is 8.42 Å². The number of nitrogens with zero attached hydrogens (tertiary/aromatic N) is 2. The predicted molar refractivity (Wildman–Crippen MR) is 104 cm³/mol. The Hall–Kier alpha value is -2.25. The fraction of sp³-hybridized carbons (Fsp3) is 0.263. The molecular formula is C19H20N2O3S2. The van der Waals surface area contributed by atoms with Gasteiger partial charge in [0.25, 0.3) is 5.91 Å². The summed E-state index contributed by atoms with van der Waals surface area (Å²) in [5.74, 6) is -0.252. The maximum Gasteiger partial charge on any atom is 0.252 e. The lowest BCUT2D eigenvalue weighted by Crippen LogP contribution is -2.14. The van der Waals surface area contributed by atoms with Gasteiger partial charge in [-0.3, -0.25) is 4.79 Å². The summed E-state index contributed by atoms with van der Waals surface area (Å²) in [5.41, 5.74) is 3.08. The van der Waals surface area contributed by atoms with Crippen LogP contribution in [0.15, 0.2) is 52.4 Å². The van der Waals surface area contributed by atoms with E-state index in [9.17, 15) is 13.2 Å². The number of sulfone groups is 1. The van der Waals surface area contributed by atoms with E-state index in [1.54, 1.807) is 12.1 Å². The summed E-state index contributed by atoms with van der Waals surface area (Å²) in [6.45, 7) is 2.11. The van der Waals surface area contributed by atoms with Crippen molar-refractivity contribution in [1.29, 1.82) is 0 Å². The molecule has 0 N–H and O–H groups in total. The number of para-hydroxylation sites is 1. The summed E-state index contributed by atoms with van der Waals surface area (Å²) in [6.07, 6.45) is 2.22. The number of rotatable bonds is 4. The van der Waals surface area contributed by atoms with Crippen molar-refractivity contribution < 1.29 is 13.2 Å². The van der Waals surface area contributed by atoms with Gasteiger partial charge in [0.05, 0.1) is 21.5 Å². The molecule has 0 saturated carbocycles. The SMILES string of the molecule is CCc1cccc2sc(=NC(=O)Cc3ccc(S(C)(=O)=O)cc3)n(C)c12. The molecule has 0 aliphatic carbocycles. The zero-order chi connectivity index (χ0) is 18.9. The molecule has 0 unspecified atom stereocenters. The Balaban J connectivity index is 1.90. The molecule has 0 spiro atoms. The maximum absolute atomic E-state index is 12.4. The lowest BCUT2D eigenvalue weighted by atomic mass is 10.1. The van der Waals surface area contributed by atoms with Crippen LogP contribution in [-0.2, 0) is 34.5 Å². The normalized spacial score (nSPS) is 12.7. The molecule has 7 heteroatoms. The lowest BCUT2D eigenvalue weighted by molar-refractivity contribution is -0.117. The highest BCUT2D eigenvalue weighted by Gasteiger charge is 2.10. The average molecular weight is 389 g/mol. The van der Waals surface area contributed by atoms with E-state index in [1.165, 1.54) is 29.0 Å². The molecule has 0 aliphatic rings. The maximum atomic E-state index is 12.4. The van der Waals surface area contributed by atoms with E-state index in [4.69, 9.17) is 0 Å². The fourth-order valence-electron chi connectivity index (χ4n) is 2.85. The van der Waals surface area contributed by atoms with Gasteiger partial charge in [0.15, 0.2) is 14.6 Å². The third-order valence-electron chi connectivity index (χ3n) is 4.21. The Morgan fingerprint density at radius 1 is 1.15 bits per heavy atom. The number of hydrogen-bond acceptors (Lipinski definition) is 4. The van der Waals surface area contributed by atoms with E-state index < -0.39 is 9.84 Å². The molecule has 0 atom stereocenters. The fourth-order valence-corrected chi connectivity index (χ4v) is 4.57. The third kappa shape index (κ3) is 3.78. The third-order valence-corrected chi connectivity index (χ3v) is 6.44. The van der Waals surface area contributed by atoms with Gasteiger partial charge in [-0.1, -0.05) is 42.5 Å². The predicted octanol–water partition coefficient (Wildman–Crippen LogP) is 2.88. The zero-order valence-electron chi connectivity index (χ0n) is 14.9. The summed E-state index contributed by atoms with van der Waals surface area (Å²) in [4.78, 5) is 17.5. The van der Waals surface area contributed by atoms with Crippen LogP contribution < -0.4 is 4.80 Å². The van der Waals surface area contributed by atoms with Crippen LogP contribution in [0.2, 0.25) is 0 Å². The van der Waals surface area contributed by atoms with Crippen molar-refractivity contribution in [2.75, 3.05) is 6.26 Å². The summed E-state index contributed by atoms with van der Waals surface area (Å²) in [5, 5.41) is 0. The second kappa shape index (κ2) is 7.17. The Morgan fingerprint density at radius 3 is 2.46 bits per heavy atom. The first-order valence-electron chi connectivity index (χ1n) is 8.23. The van der Waals surface area contributed by atoms with E-state index >= 15 is 0 Å². The van der Waals surface area contributed by atoms with Crippen LogP contribution >= 0.6 is 11.3 Å². The Kier molecular flexibility index (Phi) is 5.11. The second-order valence-corrected chi connectivity index (χ2v) is 9.18. The van der Waals surface area contributed by atoms with Gasteiger partial charge in [0.1, 0.15) is 0 Å². The number of benzene rings is 2. The molecule has 1 amide bonds. The molecule has 0 fully saturated rings. The molecule has 0 aliphatic heterocycles. The molecule has 2 aromatic carbocycles. The van der Waals surface area contributed by atoms with E-state index in [1.807, 2.05) is 23.7 Å². The highest BCUT2D eigenvalue weighted by molar-refractivity contribution is 7.90. The first-order valence-corrected chi connectivity index (χ1v) is 10.9. The number of amides is 1. The summed E-state index contributed by atoms with van der Waals surface area (Å²) in [6, 6.07) is 12.5. The van der Waals surface area contributed by atoms with Crippen molar-refractivity contribution in [3.8, 4) is 0 Å². The Morgan fingerprint density at radius 2 is 1.85 bits per heavy atom. The first kappa shape index (κ1) is 18.5. The number of thiazole rings is 1. The van der Waals surface area contributed by atoms with Crippen LogP contribution in [0, 0.1) is 0 Å². The minimum atomic E-state index is -3.23. The molecular weight excluding hydrogens is 368 g/mol. The molecule has 3 rings (SSSR count). The minimum absolute atomic E-state index is 0.138. The molecule has 0 bridgehead atoms. The van der Waals surface area contributed by atoms with E-state index in [2.05, 4.69) is 18.0 Å². The van der Waals surface area contributed by atoms with Gasteiger partial charge >= 0.3 is 0 Å². The largest absolute Gasteiger partial charge is 0.319 e. The standard InChI is InChI=1S/C19H20N2O3S2/c1-4-14-6-5-7-16-18(14)21(2)19(25-16)20-17(22)12-13-8-10-15(11-9-13)26(3,23)24/h5-11H,4,12H2,1-3H3. The number of fused-ring (bicyclic) bond motifs is 1. The van der Waals surface area contributed by atoms with Gasteiger partial charge in [-0.15, -0.1) is 0 Å². The van der Waals surface area contributed by atoms with Crippen molar-refractivity contribution in [2.45, 2.75) is 24.7 Å². The van der Waals surface area contributed by atoms with Crippen molar-refractivity contribution in [1.82, 2.24) is 4.57 Å². The van der Waals surface area contributed by atoms with E-state index in [0.29, 0.717) is 4.80 Å². The quantitative estimate of drug-likeness (QED) is 0.690. The van der Waals surface area contributed by atoms with Crippen LogP contribution in [0.4, 0.5) is 0 Å². The lowest BCUT2D eigenvalue weighted by Gasteiger charge is -2.02. The molecule has 26 heavy (non-hydrogen) atoms. The summed E-state index contributed by atoms with van der Waals surface area (Å²) >= 11 is 1.49. The first-order chi connectivity index (χ1) is 12.3. The monoisotopic (exact) mass is 388 g/mol. The molecule has 136 valence electrons. The average Bonchev–Trinajstić information content (AvgIpc) is 2.90. The second-order valence-electron chi connectivity index (χ2n) is 6.16. The van der Waals surface area contributed by atoms with E-state index in [-0.39, 0.29) is 17.2 Å². The molecule has 3 aromatic rings. The van der Waals surface area contributed by atoms with Crippen molar-refractivity contribution in [3.63, 3.8) is 0 Å². The molecule has 0 radical (unpaired) electrons. The number of carbonyl (C=O) groups excluding carboxylic acids is 1. The van der Waals surface area contributed by atoms with Crippen LogP contribution in [0.3, 0.4) is 0 Å². The summed E-state index contributed by atoms with van der Waals surface area (Å²) < 4.78 is 26.1. The molecule has 0 saturated heterocycles. The van der Waals surface area contributed by atoms with Gasteiger partial charge < -0.3 is 4.57 Å². The Labute approximate surface area is 156 Å². The van der Waals surface area contributed by atoms with Crippen LogP contribution in [0.25, 0.3) is 10.2 Å². The van der Waals surface area contributed by atoms with Crippen molar-refractivity contribution in [2.24, 2.45) is 12.0 Å². The highest BCUT2D eigenvalue weighted by Crippen LogP contribution is 2.21. The smallest absolute Gasteiger partial charge is 0.252 e. The van der Waals surface area contributed by atoms with Crippen molar-refractivity contribution >= 4 is 37.3 Å².